The highest BCUT2D eigenvalue weighted by atomic mass is 35.5. The Labute approximate surface area is 84.5 Å². The fraction of sp³-hybridized carbons (Fsp3) is 0. The summed E-state index contributed by atoms with van der Waals surface area (Å²) in [7, 11) is 0. The van der Waals surface area contributed by atoms with Crippen molar-refractivity contribution in [2.24, 2.45) is 0 Å². The van der Waals surface area contributed by atoms with Crippen molar-refractivity contribution in [2.45, 2.75) is 0 Å². The van der Waals surface area contributed by atoms with Crippen molar-refractivity contribution in [1.82, 2.24) is 0 Å². The van der Waals surface area contributed by atoms with E-state index in [2.05, 4.69) is 0 Å². The van der Waals surface area contributed by atoms with Gasteiger partial charge < -0.3 is 4.42 Å². The molecule has 1 heterocycles. The first-order valence-corrected chi connectivity index (χ1v) is 4.21. The van der Waals surface area contributed by atoms with Gasteiger partial charge in [0.05, 0.1) is 17.9 Å². The predicted octanol–water partition coefficient (Wildman–Crippen LogP) is 2.68. The van der Waals surface area contributed by atoms with Gasteiger partial charge in [-0.15, -0.1) is 0 Å². The number of hydrogen-bond acceptors (Lipinski definition) is 3. The lowest BCUT2D eigenvalue weighted by atomic mass is 10.1. The molecule has 2 aromatic rings. The predicted molar refractivity (Wildman–Crippen MR) is 51.1 cm³/mol. The zero-order valence-corrected chi connectivity index (χ0v) is 7.71. The van der Waals surface area contributed by atoms with E-state index < -0.39 is 5.24 Å². The molecule has 2 rings (SSSR count). The number of benzene rings is 1. The Balaban J connectivity index is 2.73. The molecule has 0 fully saturated rings. The second kappa shape index (κ2) is 3.17. The summed E-state index contributed by atoms with van der Waals surface area (Å²) in [6.45, 7) is 0. The Morgan fingerprint density at radius 1 is 1.50 bits per heavy atom. The maximum absolute atomic E-state index is 10.9. The number of fused-ring (bicyclic) bond motifs is 1. The third kappa shape index (κ3) is 1.26. The molecule has 0 N–H and O–H groups in total. The molecule has 0 aliphatic rings. The fourth-order valence-electron chi connectivity index (χ4n) is 1.27. The van der Waals surface area contributed by atoms with Gasteiger partial charge in [-0.05, 0) is 29.8 Å². The van der Waals surface area contributed by atoms with Crippen molar-refractivity contribution in [3.63, 3.8) is 0 Å². The summed E-state index contributed by atoms with van der Waals surface area (Å²) in [5, 5.41) is 9.34. The van der Waals surface area contributed by atoms with E-state index in [9.17, 15) is 4.79 Å². The van der Waals surface area contributed by atoms with Crippen molar-refractivity contribution >= 4 is 27.6 Å². The van der Waals surface area contributed by atoms with Crippen LogP contribution in [0, 0.1) is 11.3 Å². The Hall–Kier alpha value is -1.79. The lowest BCUT2D eigenvalue weighted by Crippen LogP contribution is -1.84. The maximum atomic E-state index is 10.9. The first kappa shape index (κ1) is 8.79. The molecule has 3 nitrogen and oxygen atoms in total. The number of halogens is 1. The van der Waals surface area contributed by atoms with E-state index >= 15 is 0 Å². The molecule has 0 saturated heterocycles. The lowest BCUT2D eigenvalue weighted by molar-refractivity contribution is 0.105. The summed E-state index contributed by atoms with van der Waals surface area (Å²) in [5.41, 5.74) is 0.520. The molecule has 0 atom stereocenters. The molecule has 0 spiro atoms. The summed E-state index contributed by atoms with van der Waals surface area (Å²) in [5.74, 6) is 0.117. The van der Waals surface area contributed by atoms with Crippen LogP contribution in [0.2, 0.25) is 0 Å². The number of nitrogens with zero attached hydrogens (tertiary/aromatic N) is 1. The third-order valence-electron chi connectivity index (χ3n) is 1.91. The monoisotopic (exact) mass is 205 g/mol. The topological polar surface area (TPSA) is 54.0 Å². The van der Waals surface area contributed by atoms with Crippen LogP contribution >= 0.6 is 11.6 Å². The lowest BCUT2D eigenvalue weighted by Gasteiger charge is -1.90. The number of rotatable bonds is 1. The average Bonchev–Trinajstić information content (AvgIpc) is 2.59. The van der Waals surface area contributed by atoms with Crippen molar-refractivity contribution < 1.29 is 9.21 Å². The molecule has 0 aliphatic carbocycles. The molecule has 0 amide bonds. The van der Waals surface area contributed by atoms with Crippen molar-refractivity contribution in [1.29, 1.82) is 5.26 Å². The summed E-state index contributed by atoms with van der Waals surface area (Å²) >= 11 is 5.30. The summed E-state index contributed by atoms with van der Waals surface area (Å²) < 4.78 is 4.99. The molecule has 14 heavy (non-hydrogen) atoms. The van der Waals surface area contributed by atoms with Gasteiger partial charge in [-0.25, -0.2) is 0 Å². The zero-order valence-electron chi connectivity index (χ0n) is 6.95. The highest BCUT2D eigenvalue weighted by Gasteiger charge is 2.12. The van der Waals surface area contributed by atoms with E-state index in [1.54, 1.807) is 18.2 Å². The molecular weight excluding hydrogens is 202 g/mol. The van der Waals surface area contributed by atoms with Crippen LogP contribution in [0.25, 0.3) is 10.8 Å². The standard InChI is InChI=1S/C10H4ClNO2/c11-10(13)9-8-2-1-6(4-12)3-7(8)5-14-9/h1-3,5H. The summed E-state index contributed by atoms with van der Waals surface area (Å²) in [6.07, 6.45) is 1.41. The fourth-order valence-corrected chi connectivity index (χ4v) is 1.42. The molecular formula is C10H4ClNO2. The van der Waals surface area contributed by atoms with Gasteiger partial charge in [0.2, 0.25) is 0 Å². The van der Waals surface area contributed by atoms with Crippen molar-refractivity contribution in [3.05, 3.63) is 35.8 Å². The molecule has 1 aromatic heterocycles. The zero-order chi connectivity index (χ0) is 10.1. The second-order valence-corrected chi connectivity index (χ2v) is 3.10. The van der Waals surface area contributed by atoms with Gasteiger partial charge in [0.1, 0.15) is 0 Å². The van der Waals surface area contributed by atoms with Gasteiger partial charge in [0, 0.05) is 10.8 Å². The van der Waals surface area contributed by atoms with E-state index in [-0.39, 0.29) is 5.76 Å². The van der Waals surface area contributed by atoms with Gasteiger partial charge in [-0.3, -0.25) is 4.79 Å². The molecule has 0 aliphatic heterocycles. The van der Waals surface area contributed by atoms with Crippen LogP contribution < -0.4 is 0 Å². The van der Waals surface area contributed by atoms with Crippen LogP contribution in [0.1, 0.15) is 16.1 Å². The average molecular weight is 206 g/mol. The van der Waals surface area contributed by atoms with Gasteiger partial charge in [-0.2, -0.15) is 5.26 Å². The summed E-state index contributed by atoms with van der Waals surface area (Å²) in [4.78, 5) is 10.9. The molecule has 1 aromatic carbocycles. The quantitative estimate of drug-likeness (QED) is 0.673. The van der Waals surface area contributed by atoms with E-state index in [0.29, 0.717) is 16.3 Å². The van der Waals surface area contributed by atoms with Gasteiger partial charge in [0.15, 0.2) is 5.76 Å². The van der Waals surface area contributed by atoms with Crippen LogP contribution in [0.3, 0.4) is 0 Å². The van der Waals surface area contributed by atoms with E-state index in [1.807, 2.05) is 6.07 Å². The largest absolute Gasteiger partial charge is 0.459 e. The Kier molecular flexibility index (Phi) is 1.99. The Morgan fingerprint density at radius 3 is 2.93 bits per heavy atom. The molecule has 0 radical (unpaired) electrons. The number of hydrogen-bond donors (Lipinski definition) is 0. The molecule has 4 heteroatoms. The number of carbonyl (C=O) groups is 1. The number of furan rings is 1. The minimum atomic E-state index is -0.635. The van der Waals surface area contributed by atoms with E-state index in [1.165, 1.54) is 6.26 Å². The van der Waals surface area contributed by atoms with Gasteiger partial charge in [0.25, 0.3) is 5.24 Å². The van der Waals surface area contributed by atoms with E-state index in [0.717, 1.165) is 0 Å². The van der Waals surface area contributed by atoms with Crippen LogP contribution in [0.4, 0.5) is 0 Å². The molecule has 0 bridgehead atoms. The molecule has 0 unspecified atom stereocenters. The second-order valence-electron chi connectivity index (χ2n) is 2.75. The first-order chi connectivity index (χ1) is 6.72. The SMILES string of the molecule is N#Cc1ccc2c(C(=O)Cl)occ2c1. The van der Waals surface area contributed by atoms with Crippen LogP contribution in [-0.2, 0) is 0 Å². The number of nitriles is 1. The number of carbonyl (C=O) groups excluding carboxylic acids is 1. The molecule has 0 saturated carbocycles. The van der Waals surface area contributed by atoms with Gasteiger partial charge >= 0.3 is 0 Å². The normalized spacial score (nSPS) is 10.0. The van der Waals surface area contributed by atoms with Crippen molar-refractivity contribution in [2.75, 3.05) is 0 Å². The highest BCUT2D eigenvalue weighted by Crippen LogP contribution is 2.23. The van der Waals surface area contributed by atoms with Crippen molar-refractivity contribution in [3.8, 4) is 6.07 Å². The molecule has 68 valence electrons. The smallest absolute Gasteiger partial charge is 0.288 e. The summed E-state index contributed by atoms with van der Waals surface area (Å²) in [6, 6.07) is 6.90. The third-order valence-corrected chi connectivity index (χ3v) is 2.08. The van der Waals surface area contributed by atoms with Crippen LogP contribution in [-0.4, -0.2) is 5.24 Å². The highest BCUT2D eigenvalue weighted by molar-refractivity contribution is 6.68. The first-order valence-electron chi connectivity index (χ1n) is 3.83. The van der Waals surface area contributed by atoms with E-state index in [4.69, 9.17) is 21.3 Å². The Bertz CT molecular complexity index is 551. The Morgan fingerprint density at radius 2 is 2.29 bits per heavy atom. The minimum Gasteiger partial charge on any atom is -0.459 e. The van der Waals surface area contributed by atoms with Crippen LogP contribution in [0.5, 0.6) is 0 Å². The minimum absolute atomic E-state index is 0.117. The van der Waals surface area contributed by atoms with Gasteiger partial charge in [-0.1, -0.05) is 0 Å². The maximum Gasteiger partial charge on any atom is 0.288 e. The van der Waals surface area contributed by atoms with Crippen LogP contribution in [0.15, 0.2) is 28.9 Å².